The first-order valence-electron chi connectivity index (χ1n) is 8.48. The predicted molar refractivity (Wildman–Crippen MR) is 94.6 cm³/mol. The second-order valence-electron chi connectivity index (χ2n) is 6.57. The molecule has 1 aliphatic rings. The lowest BCUT2D eigenvalue weighted by atomic mass is 9.94. The van der Waals surface area contributed by atoms with Crippen LogP contribution >= 0.6 is 0 Å². The van der Waals surface area contributed by atoms with Gasteiger partial charge in [0.1, 0.15) is 5.56 Å². The second kappa shape index (κ2) is 7.09. The van der Waals surface area contributed by atoms with E-state index in [2.05, 4.69) is 4.98 Å². The summed E-state index contributed by atoms with van der Waals surface area (Å²) in [5.41, 5.74) is 1.62. The van der Waals surface area contributed by atoms with Gasteiger partial charge in [-0.15, -0.1) is 0 Å². The minimum Gasteiger partial charge on any atom is -0.469 e. The maximum absolute atomic E-state index is 12.8. The van der Waals surface area contributed by atoms with Crippen LogP contribution in [0.25, 0.3) is 10.9 Å². The predicted octanol–water partition coefficient (Wildman–Crippen LogP) is 2.25. The first-order chi connectivity index (χ1) is 12.0. The molecule has 2 aromatic rings. The van der Waals surface area contributed by atoms with Crippen molar-refractivity contribution in [2.45, 2.75) is 26.2 Å². The number of aromatic nitrogens is 1. The molecule has 6 nitrogen and oxygen atoms in total. The minimum absolute atomic E-state index is 0.0759. The molecule has 132 valence electrons. The van der Waals surface area contributed by atoms with Crippen molar-refractivity contribution < 1.29 is 14.3 Å². The standard InChI is InChI=1S/C19H22N2O4/c1-12-5-3-7-14-17(12)20-10-15(18(14)23)19(24)21-8-4-6-13(11-21)9-16(22)25-2/h3,5,7,10,13H,4,6,8-9,11H2,1-2H3,(H,20,23)/t13-/m0/s1. The summed E-state index contributed by atoms with van der Waals surface area (Å²) in [6.45, 7) is 2.99. The molecule has 1 N–H and O–H groups in total. The molecular formula is C19H22N2O4. The molecular weight excluding hydrogens is 320 g/mol. The van der Waals surface area contributed by atoms with E-state index in [4.69, 9.17) is 4.74 Å². The summed E-state index contributed by atoms with van der Waals surface area (Å²) in [4.78, 5) is 41.8. The summed E-state index contributed by atoms with van der Waals surface area (Å²) in [5, 5.41) is 0.522. The van der Waals surface area contributed by atoms with Crippen LogP contribution in [0.3, 0.4) is 0 Å². The number of rotatable bonds is 3. The zero-order valence-corrected chi connectivity index (χ0v) is 14.5. The maximum atomic E-state index is 12.8. The van der Waals surface area contributed by atoms with Crippen LogP contribution in [0, 0.1) is 12.8 Å². The van der Waals surface area contributed by atoms with Crippen LogP contribution in [0.2, 0.25) is 0 Å². The Morgan fingerprint density at radius 3 is 2.92 bits per heavy atom. The Labute approximate surface area is 145 Å². The number of carbonyl (C=O) groups excluding carboxylic acids is 2. The van der Waals surface area contributed by atoms with E-state index in [1.807, 2.05) is 19.1 Å². The largest absolute Gasteiger partial charge is 0.469 e. The SMILES string of the molecule is COC(=O)C[C@@H]1CCCN(C(=O)c2c[nH]c3c(C)cccc3c2=O)C1. The highest BCUT2D eigenvalue weighted by Crippen LogP contribution is 2.21. The molecule has 0 spiro atoms. The Morgan fingerprint density at radius 1 is 1.36 bits per heavy atom. The number of piperidine rings is 1. The van der Waals surface area contributed by atoms with Gasteiger partial charge in [0.15, 0.2) is 0 Å². The molecule has 1 aromatic carbocycles. The highest BCUT2D eigenvalue weighted by Gasteiger charge is 2.27. The lowest BCUT2D eigenvalue weighted by Gasteiger charge is -2.32. The maximum Gasteiger partial charge on any atom is 0.305 e. The number of nitrogens with zero attached hydrogens (tertiary/aromatic N) is 1. The summed E-state index contributed by atoms with van der Waals surface area (Å²) >= 11 is 0. The van der Waals surface area contributed by atoms with Gasteiger partial charge in [-0.3, -0.25) is 14.4 Å². The number of fused-ring (bicyclic) bond motifs is 1. The van der Waals surface area contributed by atoms with Crippen LogP contribution < -0.4 is 5.43 Å². The minimum atomic E-state index is -0.278. The van der Waals surface area contributed by atoms with Crippen LogP contribution in [0.1, 0.15) is 35.2 Å². The van der Waals surface area contributed by atoms with Gasteiger partial charge in [0.2, 0.25) is 5.43 Å². The first kappa shape index (κ1) is 17.2. The third kappa shape index (κ3) is 3.43. The van der Waals surface area contributed by atoms with Gasteiger partial charge in [0.25, 0.3) is 5.91 Å². The lowest BCUT2D eigenvalue weighted by Crippen LogP contribution is -2.42. The highest BCUT2D eigenvalue weighted by molar-refractivity contribution is 5.97. The molecule has 1 aromatic heterocycles. The molecule has 25 heavy (non-hydrogen) atoms. The molecule has 0 unspecified atom stereocenters. The number of nitrogens with one attached hydrogen (secondary N) is 1. The summed E-state index contributed by atoms with van der Waals surface area (Å²) in [5.74, 6) is -0.468. The third-order valence-corrected chi connectivity index (χ3v) is 4.84. The number of pyridine rings is 1. The number of hydrogen-bond acceptors (Lipinski definition) is 4. The number of carbonyl (C=O) groups is 2. The van der Waals surface area contributed by atoms with E-state index in [0.717, 1.165) is 23.9 Å². The first-order valence-corrected chi connectivity index (χ1v) is 8.48. The molecule has 2 heterocycles. The average Bonchev–Trinajstić information content (AvgIpc) is 2.62. The molecule has 1 atom stereocenters. The van der Waals surface area contributed by atoms with Gasteiger partial charge in [0, 0.05) is 31.1 Å². The number of amides is 1. The van der Waals surface area contributed by atoms with Crippen LogP contribution in [0.5, 0.6) is 0 Å². The third-order valence-electron chi connectivity index (χ3n) is 4.84. The van der Waals surface area contributed by atoms with Gasteiger partial charge in [0.05, 0.1) is 12.6 Å². The smallest absolute Gasteiger partial charge is 0.305 e. The average molecular weight is 342 g/mol. The van der Waals surface area contributed by atoms with Crippen molar-refractivity contribution in [3.8, 4) is 0 Å². The lowest BCUT2D eigenvalue weighted by molar-refractivity contribution is -0.142. The molecule has 0 bridgehead atoms. The summed E-state index contributed by atoms with van der Waals surface area (Å²) in [6, 6.07) is 5.46. The van der Waals surface area contributed by atoms with Gasteiger partial charge in [-0.25, -0.2) is 0 Å². The van der Waals surface area contributed by atoms with Gasteiger partial charge in [-0.05, 0) is 37.3 Å². The van der Waals surface area contributed by atoms with Crippen molar-refractivity contribution in [2.24, 2.45) is 5.92 Å². The number of aryl methyl sites for hydroxylation is 1. The molecule has 0 saturated carbocycles. The number of esters is 1. The molecule has 1 saturated heterocycles. The van der Waals surface area contributed by atoms with E-state index < -0.39 is 0 Å². The monoisotopic (exact) mass is 342 g/mol. The quantitative estimate of drug-likeness (QED) is 0.868. The summed E-state index contributed by atoms with van der Waals surface area (Å²) < 4.78 is 4.71. The number of aromatic amines is 1. The van der Waals surface area contributed by atoms with Gasteiger partial charge in [-0.2, -0.15) is 0 Å². The van der Waals surface area contributed by atoms with E-state index in [-0.39, 0.29) is 28.8 Å². The molecule has 0 aliphatic carbocycles. The summed E-state index contributed by atoms with van der Waals surface area (Å²) in [7, 11) is 1.37. The number of H-pyrrole nitrogens is 1. The fourth-order valence-electron chi connectivity index (χ4n) is 3.47. The number of hydrogen-bond donors (Lipinski definition) is 1. The van der Waals surface area contributed by atoms with Gasteiger partial charge in [-0.1, -0.05) is 12.1 Å². The van der Waals surface area contributed by atoms with Gasteiger partial charge >= 0.3 is 5.97 Å². The number of likely N-dealkylation sites (tertiary alicyclic amines) is 1. The van der Waals surface area contributed by atoms with E-state index in [9.17, 15) is 14.4 Å². The number of methoxy groups -OCH3 is 1. The zero-order chi connectivity index (χ0) is 18.0. The molecule has 1 aliphatic heterocycles. The van der Waals surface area contributed by atoms with Crippen LogP contribution in [-0.2, 0) is 9.53 Å². The van der Waals surface area contributed by atoms with Crippen molar-refractivity contribution in [2.75, 3.05) is 20.2 Å². The van der Waals surface area contributed by atoms with Crippen molar-refractivity contribution >= 4 is 22.8 Å². The van der Waals surface area contributed by atoms with Crippen molar-refractivity contribution in [1.29, 1.82) is 0 Å². The zero-order valence-electron chi connectivity index (χ0n) is 14.5. The fourth-order valence-corrected chi connectivity index (χ4v) is 3.47. The van der Waals surface area contributed by atoms with E-state index in [0.29, 0.717) is 24.9 Å². The Hall–Kier alpha value is -2.63. The molecule has 6 heteroatoms. The number of ether oxygens (including phenoxy) is 1. The van der Waals surface area contributed by atoms with Crippen LogP contribution in [0.15, 0.2) is 29.2 Å². The molecule has 1 amide bonds. The molecule has 3 rings (SSSR count). The fraction of sp³-hybridized carbons (Fsp3) is 0.421. The van der Waals surface area contributed by atoms with Crippen LogP contribution in [-0.4, -0.2) is 42.0 Å². The normalized spacial score (nSPS) is 17.5. The molecule has 0 radical (unpaired) electrons. The Bertz CT molecular complexity index is 871. The van der Waals surface area contributed by atoms with E-state index in [1.165, 1.54) is 13.3 Å². The Kier molecular flexibility index (Phi) is 4.88. The molecule has 1 fully saturated rings. The Balaban J connectivity index is 1.85. The summed E-state index contributed by atoms with van der Waals surface area (Å²) in [6.07, 6.45) is 3.50. The van der Waals surface area contributed by atoms with E-state index >= 15 is 0 Å². The highest BCUT2D eigenvalue weighted by atomic mass is 16.5. The van der Waals surface area contributed by atoms with Crippen molar-refractivity contribution in [3.05, 3.63) is 45.7 Å². The Morgan fingerprint density at radius 2 is 2.16 bits per heavy atom. The van der Waals surface area contributed by atoms with Crippen molar-refractivity contribution in [3.63, 3.8) is 0 Å². The number of para-hydroxylation sites is 1. The van der Waals surface area contributed by atoms with Crippen LogP contribution in [0.4, 0.5) is 0 Å². The van der Waals surface area contributed by atoms with Gasteiger partial charge < -0.3 is 14.6 Å². The second-order valence-corrected chi connectivity index (χ2v) is 6.57. The number of benzene rings is 1. The van der Waals surface area contributed by atoms with Crippen molar-refractivity contribution in [1.82, 2.24) is 9.88 Å². The topological polar surface area (TPSA) is 79.5 Å². The van der Waals surface area contributed by atoms with E-state index in [1.54, 1.807) is 11.0 Å².